The zero-order valence-electron chi connectivity index (χ0n) is 12.4. The highest BCUT2D eigenvalue weighted by molar-refractivity contribution is 5.96. The Kier molecular flexibility index (Phi) is 5.08. The quantitative estimate of drug-likeness (QED) is 0.652. The van der Waals surface area contributed by atoms with E-state index in [1.165, 1.54) is 6.21 Å². The van der Waals surface area contributed by atoms with Gasteiger partial charge in [-0.25, -0.2) is 5.43 Å². The van der Waals surface area contributed by atoms with Crippen LogP contribution in [0.3, 0.4) is 0 Å². The maximum absolute atomic E-state index is 11.8. The first-order valence-corrected chi connectivity index (χ1v) is 6.78. The average molecular weight is 299 g/mol. The second-order valence-electron chi connectivity index (χ2n) is 4.79. The molecule has 0 saturated heterocycles. The van der Waals surface area contributed by atoms with Crippen molar-refractivity contribution in [3.63, 3.8) is 0 Å². The summed E-state index contributed by atoms with van der Waals surface area (Å²) in [4.78, 5) is 23.4. The van der Waals surface area contributed by atoms with Crippen molar-refractivity contribution in [2.24, 2.45) is 5.10 Å². The van der Waals surface area contributed by atoms with E-state index in [0.29, 0.717) is 11.3 Å². The van der Waals surface area contributed by atoms with Gasteiger partial charge in [-0.05, 0) is 38.1 Å². The molecule has 6 heteroatoms. The Labute approximate surface area is 128 Å². The highest BCUT2D eigenvalue weighted by Crippen LogP contribution is 2.03. The fourth-order valence-corrected chi connectivity index (χ4v) is 1.70. The lowest BCUT2D eigenvalue weighted by molar-refractivity contribution is -0.120. The Morgan fingerprint density at radius 1 is 1.14 bits per heavy atom. The van der Waals surface area contributed by atoms with E-state index in [9.17, 15) is 9.59 Å². The highest BCUT2D eigenvalue weighted by atomic mass is 16.3. The Balaban J connectivity index is 1.76. The van der Waals surface area contributed by atoms with Crippen molar-refractivity contribution in [1.82, 2.24) is 10.7 Å². The van der Waals surface area contributed by atoms with E-state index in [-0.39, 0.29) is 12.5 Å². The van der Waals surface area contributed by atoms with Crippen molar-refractivity contribution in [1.29, 1.82) is 0 Å². The first-order chi connectivity index (χ1) is 10.5. The number of nitrogens with one attached hydrogen (secondary N) is 2. The number of hydrazone groups is 1. The molecule has 0 saturated carbocycles. The minimum Gasteiger partial charge on any atom is -0.460 e. The molecule has 22 heavy (non-hydrogen) atoms. The normalized spacial score (nSPS) is 10.6. The molecule has 2 N–H and O–H groups in total. The molecular formula is C16H17N3O3. The molecule has 1 heterocycles. The van der Waals surface area contributed by atoms with E-state index in [1.54, 1.807) is 24.3 Å². The second-order valence-corrected chi connectivity index (χ2v) is 4.79. The van der Waals surface area contributed by atoms with Crippen LogP contribution in [0.5, 0.6) is 0 Å². The summed E-state index contributed by atoms with van der Waals surface area (Å²) >= 11 is 0. The van der Waals surface area contributed by atoms with Gasteiger partial charge in [0.05, 0.1) is 12.8 Å². The van der Waals surface area contributed by atoms with Gasteiger partial charge in [0.1, 0.15) is 11.5 Å². The molecule has 0 aliphatic heterocycles. The van der Waals surface area contributed by atoms with Crippen LogP contribution in [-0.2, 0) is 4.79 Å². The first-order valence-electron chi connectivity index (χ1n) is 6.78. The van der Waals surface area contributed by atoms with Crippen molar-refractivity contribution in [2.75, 3.05) is 6.54 Å². The van der Waals surface area contributed by atoms with Gasteiger partial charge in [0, 0.05) is 5.56 Å². The largest absolute Gasteiger partial charge is 0.460 e. The average Bonchev–Trinajstić information content (AvgIpc) is 2.91. The number of amides is 2. The lowest BCUT2D eigenvalue weighted by Gasteiger charge is -2.04. The van der Waals surface area contributed by atoms with Crippen molar-refractivity contribution >= 4 is 18.0 Å². The Morgan fingerprint density at radius 3 is 2.50 bits per heavy atom. The van der Waals surface area contributed by atoms with Gasteiger partial charge in [-0.2, -0.15) is 5.10 Å². The van der Waals surface area contributed by atoms with Crippen molar-refractivity contribution in [3.05, 3.63) is 59.0 Å². The van der Waals surface area contributed by atoms with Gasteiger partial charge in [0.2, 0.25) is 0 Å². The Morgan fingerprint density at radius 2 is 1.86 bits per heavy atom. The zero-order valence-corrected chi connectivity index (χ0v) is 12.4. The molecule has 0 aliphatic carbocycles. The third kappa shape index (κ3) is 4.59. The minimum atomic E-state index is -0.417. The van der Waals surface area contributed by atoms with Crippen LogP contribution in [0.25, 0.3) is 0 Å². The van der Waals surface area contributed by atoms with Crippen molar-refractivity contribution in [3.8, 4) is 0 Å². The van der Waals surface area contributed by atoms with Gasteiger partial charge in [-0.3, -0.25) is 9.59 Å². The van der Waals surface area contributed by atoms with Gasteiger partial charge in [0.15, 0.2) is 0 Å². The molecule has 2 aromatic rings. The molecule has 0 spiro atoms. The van der Waals surface area contributed by atoms with Crippen LogP contribution in [-0.4, -0.2) is 24.6 Å². The van der Waals surface area contributed by atoms with E-state index in [0.717, 1.165) is 11.3 Å². The lowest BCUT2D eigenvalue weighted by atomic mass is 10.1. The summed E-state index contributed by atoms with van der Waals surface area (Å²) in [6.07, 6.45) is 1.40. The fourth-order valence-electron chi connectivity index (χ4n) is 1.70. The molecule has 0 fully saturated rings. The van der Waals surface area contributed by atoms with Gasteiger partial charge < -0.3 is 9.73 Å². The van der Waals surface area contributed by atoms with Crippen molar-refractivity contribution in [2.45, 2.75) is 13.8 Å². The van der Waals surface area contributed by atoms with Crippen LogP contribution in [0, 0.1) is 13.8 Å². The molecular weight excluding hydrogens is 282 g/mol. The van der Waals surface area contributed by atoms with Crippen LogP contribution in [0.2, 0.25) is 0 Å². The zero-order chi connectivity index (χ0) is 15.9. The number of aryl methyl sites for hydroxylation is 2. The summed E-state index contributed by atoms with van der Waals surface area (Å²) in [7, 11) is 0. The van der Waals surface area contributed by atoms with Gasteiger partial charge in [-0.1, -0.05) is 17.7 Å². The molecule has 0 unspecified atom stereocenters. The molecule has 0 bridgehead atoms. The van der Waals surface area contributed by atoms with Crippen LogP contribution >= 0.6 is 0 Å². The topological polar surface area (TPSA) is 83.7 Å². The summed E-state index contributed by atoms with van der Waals surface area (Å²) in [5, 5.41) is 6.27. The number of hydrogen-bond acceptors (Lipinski definition) is 4. The molecule has 1 aromatic carbocycles. The van der Waals surface area contributed by atoms with Gasteiger partial charge >= 0.3 is 0 Å². The van der Waals surface area contributed by atoms with E-state index in [1.807, 2.05) is 26.0 Å². The van der Waals surface area contributed by atoms with Gasteiger partial charge in [0.25, 0.3) is 11.8 Å². The minimum absolute atomic E-state index is 0.152. The predicted molar refractivity (Wildman–Crippen MR) is 82.7 cm³/mol. The number of carbonyl (C=O) groups excluding carboxylic acids is 2. The second kappa shape index (κ2) is 7.21. The molecule has 0 aliphatic rings. The number of rotatable bonds is 5. The maximum atomic E-state index is 11.8. The van der Waals surface area contributed by atoms with Gasteiger partial charge in [-0.15, -0.1) is 0 Å². The number of nitrogens with zero attached hydrogens (tertiary/aromatic N) is 1. The summed E-state index contributed by atoms with van der Waals surface area (Å²) in [5.74, 6) is 0.584. The number of hydrogen-bond donors (Lipinski definition) is 2. The summed E-state index contributed by atoms with van der Waals surface area (Å²) in [6.45, 7) is 3.60. The number of furan rings is 1. The summed E-state index contributed by atoms with van der Waals surface area (Å²) in [5.41, 5.74) is 3.89. The van der Waals surface area contributed by atoms with E-state index >= 15 is 0 Å². The van der Waals surface area contributed by atoms with Crippen LogP contribution in [0.4, 0.5) is 0 Å². The smallest absolute Gasteiger partial charge is 0.259 e. The first kappa shape index (κ1) is 15.5. The Hall–Kier alpha value is -2.89. The van der Waals surface area contributed by atoms with E-state index in [4.69, 9.17) is 4.42 Å². The lowest BCUT2D eigenvalue weighted by Crippen LogP contribution is -2.34. The monoisotopic (exact) mass is 299 g/mol. The fraction of sp³-hybridized carbons (Fsp3) is 0.188. The molecule has 6 nitrogen and oxygen atoms in total. The van der Waals surface area contributed by atoms with Crippen LogP contribution in [0.15, 0.2) is 45.9 Å². The predicted octanol–water partition coefficient (Wildman–Crippen LogP) is 1.78. The van der Waals surface area contributed by atoms with Crippen LogP contribution < -0.4 is 10.7 Å². The molecule has 2 amide bonds. The summed E-state index contributed by atoms with van der Waals surface area (Å²) in [6, 6.07) is 10.6. The SMILES string of the molecule is Cc1ccc(C(=O)NCC(=O)N/N=C/c2ccc(C)o2)cc1. The van der Waals surface area contributed by atoms with E-state index < -0.39 is 5.91 Å². The molecule has 1 aromatic heterocycles. The number of benzene rings is 1. The molecule has 0 radical (unpaired) electrons. The van der Waals surface area contributed by atoms with Crippen LogP contribution in [0.1, 0.15) is 27.4 Å². The summed E-state index contributed by atoms with van der Waals surface area (Å²) < 4.78 is 5.26. The van der Waals surface area contributed by atoms with E-state index in [2.05, 4.69) is 15.8 Å². The maximum Gasteiger partial charge on any atom is 0.259 e. The Bertz CT molecular complexity index is 687. The third-order valence-corrected chi connectivity index (χ3v) is 2.87. The molecule has 114 valence electrons. The molecule has 0 atom stereocenters. The highest BCUT2D eigenvalue weighted by Gasteiger charge is 2.07. The molecule has 2 rings (SSSR count). The van der Waals surface area contributed by atoms with Crippen molar-refractivity contribution < 1.29 is 14.0 Å². The number of carbonyl (C=O) groups is 2. The standard InChI is InChI=1S/C16H17N3O3/c1-11-3-6-13(7-4-11)16(21)17-10-15(20)19-18-9-14-8-5-12(2)22-14/h3-9H,10H2,1-2H3,(H,17,21)(H,19,20)/b18-9+. The third-order valence-electron chi connectivity index (χ3n) is 2.87.